The van der Waals surface area contributed by atoms with Gasteiger partial charge in [0.25, 0.3) is 0 Å². The molecule has 38 nitrogen and oxygen atoms in total. The molecule has 4 saturated heterocycles. The number of unbranched alkanes of at least 4 members (excludes halogenated alkanes) is 12. The topological polar surface area (TPSA) is 545 Å². The Hall–Kier alpha value is -5.45. The highest BCUT2D eigenvalue weighted by Gasteiger charge is 2.48. The van der Waals surface area contributed by atoms with Crippen LogP contribution in [0, 0.1) is 24.4 Å². The molecule has 0 aromatic carbocycles. The van der Waals surface area contributed by atoms with Crippen LogP contribution in [0.5, 0.6) is 0 Å². The number of hydrogen-bond donors (Lipinski definition) is 17. The molecule has 17 N–H and O–H groups in total. The fourth-order valence-corrected chi connectivity index (χ4v) is 13.5. The van der Waals surface area contributed by atoms with Crippen molar-refractivity contribution in [3.8, 4) is 12.5 Å². The molecule has 8 amide bonds. The lowest BCUT2D eigenvalue weighted by molar-refractivity contribution is -0.270. The van der Waals surface area contributed by atoms with Crippen molar-refractivity contribution in [3.05, 3.63) is 0 Å². The van der Waals surface area contributed by atoms with Gasteiger partial charge in [-0.05, 0) is 57.8 Å². The Labute approximate surface area is 643 Å². The first-order valence-corrected chi connectivity index (χ1v) is 40.0. The zero-order valence-electron chi connectivity index (χ0n) is 63.8. The molecule has 110 heavy (non-hydrogen) atoms. The van der Waals surface area contributed by atoms with E-state index in [9.17, 15) is 93.8 Å². The molecule has 4 heterocycles. The van der Waals surface area contributed by atoms with E-state index in [1.54, 1.807) is 11.0 Å². The number of aliphatic hydroxyl groups excluding tert-OH is 9. The molecule has 0 radical (unpaired) electrons. The molecule has 39 heteroatoms. The number of ether oxygens (including phenoxy) is 9. The average Bonchev–Trinajstić information content (AvgIpc) is 0.834. The van der Waals surface area contributed by atoms with Crippen LogP contribution in [0.4, 0.5) is 0 Å². The number of nitrogens with zero attached hydrogens (tertiary/aromatic N) is 1. The molecule has 0 saturated carbocycles. The minimum Gasteiger partial charge on any atom is -0.394 e. The van der Waals surface area contributed by atoms with Gasteiger partial charge >= 0.3 is 7.82 Å². The van der Waals surface area contributed by atoms with Crippen LogP contribution in [0.3, 0.4) is 0 Å². The predicted octanol–water partition coefficient (Wildman–Crippen LogP) is -2.87. The third-order valence-corrected chi connectivity index (χ3v) is 19.7. The Morgan fingerprint density at radius 1 is 0.427 bits per heavy atom. The van der Waals surface area contributed by atoms with Crippen molar-refractivity contribution in [3.63, 3.8) is 0 Å². The number of piperidine rings is 1. The monoisotopic (exact) mass is 1600 g/mol. The molecule has 4 fully saturated rings. The maximum atomic E-state index is 14.2. The van der Waals surface area contributed by atoms with E-state index in [1.165, 1.54) is 20.8 Å². The summed E-state index contributed by atoms with van der Waals surface area (Å²) in [4.78, 5) is 113. The maximum Gasteiger partial charge on any atom is 0.535 e. The summed E-state index contributed by atoms with van der Waals surface area (Å²) in [5, 5.41) is 111. The summed E-state index contributed by atoms with van der Waals surface area (Å²) in [6.07, 6.45) is 1.05. The second kappa shape index (κ2) is 55.1. The second-order valence-electron chi connectivity index (χ2n) is 27.9. The van der Waals surface area contributed by atoms with Gasteiger partial charge in [0.1, 0.15) is 79.2 Å². The van der Waals surface area contributed by atoms with Gasteiger partial charge in [0.2, 0.25) is 47.3 Å². The van der Waals surface area contributed by atoms with Crippen molar-refractivity contribution in [2.24, 2.45) is 11.8 Å². The first-order valence-electron chi connectivity index (χ1n) is 38.5. The van der Waals surface area contributed by atoms with E-state index in [0.29, 0.717) is 129 Å². The number of carbonyl (C=O) groups is 8. The quantitative estimate of drug-likeness (QED) is 0.0165. The van der Waals surface area contributed by atoms with E-state index in [4.69, 9.17) is 53.6 Å². The lowest BCUT2D eigenvalue weighted by Gasteiger charge is -2.43. The van der Waals surface area contributed by atoms with Crippen LogP contribution in [-0.4, -0.2) is 320 Å². The molecule has 4 aliphatic rings. The molecule has 18 atom stereocenters. The van der Waals surface area contributed by atoms with Crippen molar-refractivity contribution < 1.29 is 145 Å². The minimum absolute atomic E-state index is 0.00125. The number of carbonyl (C=O) groups excluding carboxylic acids is 8. The molecular weight excluding hydrogens is 1480 g/mol. The van der Waals surface area contributed by atoms with Crippen LogP contribution >= 0.6 is 7.82 Å². The number of phosphoric ester groups is 1. The third kappa shape index (κ3) is 37.7. The number of phosphoric acid groups is 1. The van der Waals surface area contributed by atoms with Gasteiger partial charge in [0.05, 0.1) is 65.6 Å². The van der Waals surface area contributed by atoms with Crippen LogP contribution in [0.1, 0.15) is 162 Å². The Kier molecular flexibility index (Phi) is 48.6. The Morgan fingerprint density at radius 3 is 1.09 bits per heavy atom. The van der Waals surface area contributed by atoms with Crippen LogP contribution in [-0.2, 0) is 94.6 Å². The summed E-state index contributed by atoms with van der Waals surface area (Å²) in [7, 11) is -4.31. The van der Waals surface area contributed by atoms with Gasteiger partial charge < -0.3 is 135 Å². The molecule has 0 aliphatic carbocycles. The normalized spacial score (nSPS) is 27.3. The lowest BCUT2D eigenvalue weighted by Crippen LogP contribution is -2.64. The first kappa shape index (κ1) is 96.9. The molecular formula is C71H125N8O30P. The summed E-state index contributed by atoms with van der Waals surface area (Å²) in [5.41, 5.74) is 0. The molecule has 0 aromatic rings. The van der Waals surface area contributed by atoms with Crippen LogP contribution in [0.2, 0.25) is 0 Å². The molecule has 0 bridgehead atoms. The van der Waals surface area contributed by atoms with Gasteiger partial charge in [-0.15, -0.1) is 0 Å². The van der Waals surface area contributed by atoms with E-state index >= 15 is 0 Å². The van der Waals surface area contributed by atoms with Crippen LogP contribution in [0.25, 0.3) is 0 Å². The SMILES string of the molecule is C#COP(=O)(O)OCCCCCCNC(=O)CCCC(=O)N1CC(COCCC(=O)NCCCCCCOC2OC(CO)C(O)C(O)C2NC(C)=O)C(OCCC(=O)NCCCCCCOC2OC(CO)C(O)C(O)C2NC(C)=O)C(COCCC(=O)NCCCCCCOC2OC(CO)C(O)C(O)C2NC(C)=O)C1. The Bertz CT molecular complexity index is 2670. The molecule has 0 spiro atoms. The molecule has 634 valence electrons. The third-order valence-electron chi connectivity index (χ3n) is 18.8. The highest BCUT2D eigenvalue weighted by molar-refractivity contribution is 7.47. The van der Waals surface area contributed by atoms with Crippen molar-refractivity contribution >= 4 is 55.1 Å². The lowest BCUT2D eigenvalue weighted by atomic mass is 9.86. The molecule has 4 rings (SSSR count). The first-order chi connectivity index (χ1) is 52.7. The Morgan fingerprint density at radius 2 is 0.755 bits per heavy atom. The van der Waals surface area contributed by atoms with Crippen molar-refractivity contribution in [2.45, 2.75) is 260 Å². The maximum absolute atomic E-state index is 14.2. The van der Waals surface area contributed by atoms with Crippen molar-refractivity contribution in [1.29, 1.82) is 0 Å². The number of amides is 8. The standard InChI is InChI=1S/C71H125N8O30P/c1-5-105-110(97,98)106-35-21-13-9-17-28-72-54(86)23-22-24-58(90)79-39-49(44-99-36-25-55(87)73-29-14-6-10-18-32-102-69-59(76-46(2)83)65(94)62(91)51(41-80)107-69)68(101-38-27-57(89)75-31-16-8-12-20-34-104-71-61(78-48(4)85)67(96)64(93)53(43-82)109-71)50(40-79)45-100-37-26-56(88)74-30-15-7-11-19-33-103-70-60(77-47(3)84)66(95)63(92)52(42-81)108-70/h1,49-53,59-71,80-82,91-96H,6-45H2,2-4H3,(H,72,86)(H,73,87)(H,74,88)(H,75,89)(H,76,83)(H,77,84)(H,78,85)(H,97,98). The Balaban J connectivity index is 1.34. The number of aliphatic hydroxyl groups is 9. The zero-order valence-corrected chi connectivity index (χ0v) is 64.7. The van der Waals surface area contributed by atoms with Crippen LogP contribution in [0.15, 0.2) is 0 Å². The molecule has 18 unspecified atom stereocenters. The van der Waals surface area contributed by atoms with Crippen molar-refractivity contribution in [1.82, 2.24) is 42.1 Å². The van der Waals surface area contributed by atoms with E-state index < -0.39 is 155 Å². The number of terminal acetylenes is 1. The van der Waals surface area contributed by atoms with Gasteiger partial charge in [-0.2, -0.15) is 0 Å². The summed E-state index contributed by atoms with van der Waals surface area (Å²) in [6, 6.07) is -3.18. The number of likely N-dealkylation sites (tertiary alicyclic amines) is 1. The minimum atomic E-state index is -4.31. The van der Waals surface area contributed by atoms with Crippen molar-refractivity contribution in [2.75, 3.05) is 119 Å². The summed E-state index contributed by atoms with van der Waals surface area (Å²) in [5.74, 6) is -3.76. The molecule has 4 aliphatic heterocycles. The van der Waals surface area contributed by atoms with E-state index in [-0.39, 0.29) is 141 Å². The summed E-state index contributed by atoms with van der Waals surface area (Å²) < 4.78 is 73.8. The largest absolute Gasteiger partial charge is 0.535 e. The van der Waals surface area contributed by atoms with E-state index in [1.807, 2.05) is 0 Å². The number of nitrogens with one attached hydrogen (secondary N) is 7. The number of hydrogen-bond acceptors (Lipinski definition) is 29. The van der Waals surface area contributed by atoms with Gasteiger partial charge in [-0.25, -0.2) is 4.57 Å². The average molecular weight is 1600 g/mol. The summed E-state index contributed by atoms with van der Waals surface area (Å²) >= 11 is 0. The van der Waals surface area contributed by atoms with Gasteiger partial charge in [-0.3, -0.25) is 47.8 Å². The highest BCUT2D eigenvalue weighted by atomic mass is 31.2. The highest BCUT2D eigenvalue weighted by Crippen LogP contribution is 2.42. The van der Waals surface area contributed by atoms with Gasteiger partial charge in [0.15, 0.2) is 18.9 Å². The number of rotatable bonds is 57. The smallest absolute Gasteiger partial charge is 0.394 e. The molecule has 0 aromatic heterocycles. The fraction of sp³-hybridized carbons (Fsp3) is 0.859. The van der Waals surface area contributed by atoms with Gasteiger partial charge in [0, 0.05) is 124 Å². The predicted molar refractivity (Wildman–Crippen MR) is 388 cm³/mol. The zero-order chi connectivity index (χ0) is 80.8. The van der Waals surface area contributed by atoms with E-state index in [0.717, 1.165) is 0 Å². The fourth-order valence-electron chi connectivity index (χ4n) is 12.9. The van der Waals surface area contributed by atoms with E-state index in [2.05, 4.69) is 41.7 Å². The summed E-state index contributed by atoms with van der Waals surface area (Å²) in [6.45, 7) is 4.30. The second-order valence-corrected chi connectivity index (χ2v) is 29.3. The van der Waals surface area contributed by atoms with Crippen LogP contribution < -0.4 is 37.2 Å². The van der Waals surface area contributed by atoms with Gasteiger partial charge in [-0.1, -0.05) is 57.8 Å².